The third-order valence-corrected chi connectivity index (χ3v) is 4.64. The normalized spacial score (nSPS) is 23.6. The maximum absolute atomic E-state index is 11.1. The summed E-state index contributed by atoms with van der Waals surface area (Å²) in [5.41, 5.74) is 3.99. The summed E-state index contributed by atoms with van der Waals surface area (Å²) >= 11 is 0. The maximum atomic E-state index is 11.1. The van der Waals surface area contributed by atoms with Crippen LogP contribution in [0.25, 0.3) is 17.2 Å². The van der Waals surface area contributed by atoms with Crippen molar-refractivity contribution in [3.8, 4) is 11.1 Å². The summed E-state index contributed by atoms with van der Waals surface area (Å²) in [6.07, 6.45) is 3.47. The van der Waals surface area contributed by atoms with E-state index >= 15 is 0 Å². The van der Waals surface area contributed by atoms with Crippen molar-refractivity contribution in [2.24, 2.45) is 0 Å². The Morgan fingerprint density at radius 3 is 2.65 bits per heavy atom. The predicted molar refractivity (Wildman–Crippen MR) is 93.1 cm³/mol. The van der Waals surface area contributed by atoms with Gasteiger partial charge in [0.25, 0.3) is 0 Å². The van der Waals surface area contributed by atoms with Crippen LogP contribution in [0.15, 0.2) is 55.1 Å². The molecule has 2 aromatic carbocycles. The standard InChI is InChI=1S/C20H21NO2/c1-3-15-11-17(20(23-2)12-18(13-22)21-14-20)9-10-19(15)16-7-5-4-6-8-16/h3-11,13,18,21H,1,12,14H2,2H3/t18-,20-/m0/s1. The molecule has 2 atom stereocenters. The van der Waals surface area contributed by atoms with E-state index in [1.807, 2.05) is 24.3 Å². The molecule has 0 bridgehead atoms. The van der Waals surface area contributed by atoms with Crippen LogP contribution >= 0.6 is 0 Å². The number of aldehydes is 1. The van der Waals surface area contributed by atoms with Crippen molar-refractivity contribution < 1.29 is 9.53 Å². The molecule has 1 N–H and O–H groups in total. The second kappa shape index (κ2) is 6.49. The van der Waals surface area contributed by atoms with Crippen LogP contribution in [0, 0.1) is 0 Å². The molecule has 23 heavy (non-hydrogen) atoms. The van der Waals surface area contributed by atoms with Gasteiger partial charge in [0.05, 0.1) is 6.04 Å². The van der Waals surface area contributed by atoms with Crippen LogP contribution in [0.1, 0.15) is 17.5 Å². The van der Waals surface area contributed by atoms with Gasteiger partial charge in [0.2, 0.25) is 0 Å². The minimum atomic E-state index is -0.460. The van der Waals surface area contributed by atoms with Crippen molar-refractivity contribution in [3.05, 3.63) is 66.2 Å². The Labute approximate surface area is 137 Å². The first-order valence-corrected chi connectivity index (χ1v) is 7.78. The van der Waals surface area contributed by atoms with E-state index in [9.17, 15) is 4.79 Å². The molecule has 0 amide bonds. The van der Waals surface area contributed by atoms with Crippen molar-refractivity contribution >= 4 is 12.4 Å². The van der Waals surface area contributed by atoms with Crippen molar-refractivity contribution in [2.45, 2.75) is 18.1 Å². The van der Waals surface area contributed by atoms with Crippen LogP contribution in [0.5, 0.6) is 0 Å². The van der Waals surface area contributed by atoms with E-state index in [2.05, 4.69) is 42.2 Å². The van der Waals surface area contributed by atoms with Gasteiger partial charge in [-0.15, -0.1) is 0 Å². The topological polar surface area (TPSA) is 38.3 Å². The molecule has 1 aliphatic rings. The zero-order chi connectivity index (χ0) is 16.3. The summed E-state index contributed by atoms with van der Waals surface area (Å²) in [5.74, 6) is 0. The van der Waals surface area contributed by atoms with E-state index in [0.29, 0.717) is 13.0 Å². The minimum Gasteiger partial charge on any atom is -0.372 e. The molecule has 3 nitrogen and oxygen atoms in total. The van der Waals surface area contributed by atoms with Crippen molar-refractivity contribution in [3.63, 3.8) is 0 Å². The van der Waals surface area contributed by atoms with Gasteiger partial charge in [0.1, 0.15) is 11.9 Å². The highest BCUT2D eigenvalue weighted by Gasteiger charge is 2.40. The Balaban J connectivity index is 2.02. The molecule has 0 aromatic heterocycles. The zero-order valence-corrected chi connectivity index (χ0v) is 13.3. The predicted octanol–water partition coefficient (Wildman–Crippen LogP) is 3.40. The monoisotopic (exact) mass is 307 g/mol. The van der Waals surface area contributed by atoms with Crippen LogP contribution in [0.3, 0.4) is 0 Å². The molecule has 1 heterocycles. The zero-order valence-electron chi connectivity index (χ0n) is 13.3. The van der Waals surface area contributed by atoms with E-state index in [0.717, 1.165) is 28.5 Å². The van der Waals surface area contributed by atoms with Gasteiger partial charge in [-0.1, -0.05) is 55.1 Å². The van der Waals surface area contributed by atoms with Crippen molar-refractivity contribution in [1.82, 2.24) is 5.32 Å². The lowest BCUT2D eigenvalue weighted by atomic mass is 9.87. The third kappa shape index (κ3) is 2.85. The van der Waals surface area contributed by atoms with Gasteiger partial charge in [-0.25, -0.2) is 0 Å². The number of ether oxygens (including phenoxy) is 1. The highest BCUT2D eigenvalue weighted by molar-refractivity contribution is 5.75. The maximum Gasteiger partial charge on any atom is 0.137 e. The van der Waals surface area contributed by atoms with Gasteiger partial charge in [-0.3, -0.25) is 0 Å². The average molecular weight is 307 g/mol. The number of hydrogen-bond acceptors (Lipinski definition) is 3. The molecule has 0 spiro atoms. The molecule has 1 fully saturated rings. The molecule has 0 unspecified atom stereocenters. The first-order valence-electron chi connectivity index (χ1n) is 7.78. The molecule has 3 rings (SSSR count). The Morgan fingerprint density at radius 1 is 1.26 bits per heavy atom. The lowest BCUT2D eigenvalue weighted by Crippen LogP contribution is -2.31. The van der Waals surface area contributed by atoms with Gasteiger partial charge < -0.3 is 14.8 Å². The average Bonchev–Trinajstić information content (AvgIpc) is 3.07. The van der Waals surface area contributed by atoms with Gasteiger partial charge in [0, 0.05) is 20.1 Å². The second-order valence-corrected chi connectivity index (χ2v) is 5.90. The third-order valence-electron chi connectivity index (χ3n) is 4.64. The van der Waals surface area contributed by atoms with Crippen LogP contribution in [-0.2, 0) is 15.1 Å². The lowest BCUT2D eigenvalue weighted by Gasteiger charge is -2.28. The summed E-state index contributed by atoms with van der Waals surface area (Å²) < 4.78 is 5.81. The molecular formula is C20H21NO2. The van der Waals surface area contributed by atoms with Crippen LogP contribution in [0.4, 0.5) is 0 Å². The lowest BCUT2D eigenvalue weighted by molar-refractivity contribution is -0.109. The summed E-state index contributed by atoms with van der Waals surface area (Å²) in [6, 6.07) is 16.4. The summed E-state index contributed by atoms with van der Waals surface area (Å²) in [5, 5.41) is 3.21. The van der Waals surface area contributed by atoms with Gasteiger partial charge in [0.15, 0.2) is 0 Å². The van der Waals surface area contributed by atoms with Crippen LogP contribution in [-0.4, -0.2) is 26.0 Å². The van der Waals surface area contributed by atoms with Crippen LogP contribution in [0.2, 0.25) is 0 Å². The first kappa shape index (κ1) is 15.7. The highest BCUT2D eigenvalue weighted by atomic mass is 16.5. The Morgan fingerprint density at radius 2 is 2.04 bits per heavy atom. The second-order valence-electron chi connectivity index (χ2n) is 5.90. The molecule has 1 saturated heterocycles. The van der Waals surface area contributed by atoms with E-state index in [1.165, 1.54) is 0 Å². The fourth-order valence-electron chi connectivity index (χ4n) is 3.28. The van der Waals surface area contributed by atoms with Gasteiger partial charge in [-0.2, -0.15) is 0 Å². The molecule has 118 valence electrons. The van der Waals surface area contributed by atoms with Gasteiger partial charge in [-0.05, 0) is 28.3 Å². The molecule has 0 radical (unpaired) electrons. The van der Waals surface area contributed by atoms with E-state index in [4.69, 9.17) is 4.74 Å². The number of carbonyl (C=O) groups is 1. The molecule has 0 saturated carbocycles. The number of hydrogen-bond donors (Lipinski definition) is 1. The Bertz CT molecular complexity index is 711. The fraction of sp³-hybridized carbons (Fsp3) is 0.250. The highest BCUT2D eigenvalue weighted by Crippen LogP contribution is 2.36. The number of benzene rings is 2. The summed E-state index contributed by atoms with van der Waals surface area (Å²) in [6.45, 7) is 4.58. The summed E-state index contributed by atoms with van der Waals surface area (Å²) in [4.78, 5) is 11.1. The van der Waals surface area contributed by atoms with Crippen molar-refractivity contribution in [1.29, 1.82) is 0 Å². The number of nitrogens with one attached hydrogen (secondary N) is 1. The fourth-order valence-corrected chi connectivity index (χ4v) is 3.28. The molecule has 2 aromatic rings. The van der Waals surface area contributed by atoms with Gasteiger partial charge >= 0.3 is 0 Å². The Hall–Kier alpha value is -2.23. The van der Waals surface area contributed by atoms with Crippen molar-refractivity contribution in [2.75, 3.05) is 13.7 Å². The largest absolute Gasteiger partial charge is 0.372 e. The molecule has 3 heteroatoms. The van der Waals surface area contributed by atoms with Crippen LogP contribution < -0.4 is 5.32 Å². The number of methoxy groups -OCH3 is 1. The smallest absolute Gasteiger partial charge is 0.137 e. The summed E-state index contributed by atoms with van der Waals surface area (Å²) in [7, 11) is 1.70. The first-order chi connectivity index (χ1) is 11.2. The number of rotatable bonds is 5. The molecule has 1 aliphatic heterocycles. The SMILES string of the molecule is C=Cc1cc([C@@]2(OC)CN[C@H](C=O)C2)ccc1-c1ccccc1. The molecular weight excluding hydrogens is 286 g/mol. The van der Waals surface area contributed by atoms with E-state index in [1.54, 1.807) is 7.11 Å². The quantitative estimate of drug-likeness (QED) is 0.860. The van der Waals surface area contributed by atoms with E-state index in [-0.39, 0.29) is 6.04 Å². The van der Waals surface area contributed by atoms with E-state index < -0.39 is 5.60 Å². The minimum absolute atomic E-state index is 0.157. The molecule has 0 aliphatic carbocycles. The Kier molecular flexibility index (Phi) is 4.42. The number of carbonyl (C=O) groups excluding carboxylic acids is 1.